The highest BCUT2D eigenvalue weighted by Gasteiger charge is 2.26. The number of urea groups is 1. The van der Waals surface area contributed by atoms with Gasteiger partial charge in [-0.3, -0.25) is 0 Å². The molecule has 1 N–H and O–H groups in total. The Balaban J connectivity index is 1.66. The fourth-order valence-corrected chi connectivity index (χ4v) is 3.26. The highest BCUT2D eigenvalue weighted by molar-refractivity contribution is 6.31. The zero-order valence-corrected chi connectivity index (χ0v) is 16.5. The fourth-order valence-electron chi connectivity index (χ4n) is 2.92. The summed E-state index contributed by atoms with van der Waals surface area (Å²) < 4.78 is 0. The van der Waals surface area contributed by atoms with Crippen molar-refractivity contribution in [2.45, 2.75) is 26.0 Å². The molecule has 0 spiro atoms. The van der Waals surface area contributed by atoms with Gasteiger partial charge in [-0.25, -0.2) is 4.79 Å². The highest BCUT2D eigenvalue weighted by atomic mass is 35.5. The van der Waals surface area contributed by atoms with Crippen LogP contribution in [0.15, 0.2) is 53.7 Å². The zero-order valence-electron chi connectivity index (χ0n) is 15.0. The summed E-state index contributed by atoms with van der Waals surface area (Å²) in [7, 11) is 0. The van der Waals surface area contributed by atoms with Crippen molar-refractivity contribution in [3.05, 3.63) is 69.7 Å². The van der Waals surface area contributed by atoms with E-state index in [2.05, 4.69) is 10.5 Å². The van der Waals surface area contributed by atoms with Crippen LogP contribution in [0.25, 0.3) is 0 Å². The minimum atomic E-state index is -0.197. The van der Waals surface area contributed by atoms with E-state index < -0.39 is 0 Å². The van der Waals surface area contributed by atoms with Gasteiger partial charge >= 0.3 is 6.03 Å². The summed E-state index contributed by atoms with van der Waals surface area (Å²) in [6.07, 6.45) is 0.435. The Labute approximate surface area is 168 Å². The van der Waals surface area contributed by atoms with E-state index in [1.54, 1.807) is 4.90 Å². The number of nitrogens with zero attached hydrogens (tertiary/aromatic N) is 2. The normalized spacial score (nSPS) is 15.8. The van der Waals surface area contributed by atoms with Crippen LogP contribution in [0.5, 0.6) is 0 Å². The zero-order chi connectivity index (χ0) is 19.2. The first-order valence-electron chi connectivity index (χ1n) is 8.81. The molecular weight excluding hydrogens is 385 g/mol. The summed E-state index contributed by atoms with van der Waals surface area (Å²) in [5, 5.41) is 8.37. The molecule has 1 atom stereocenters. The lowest BCUT2D eigenvalue weighted by Gasteiger charge is -2.25. The Hall–Kier alpha value is -2.24. The molecule has 142 valence electrons. The lowest BCUT2D eigenvalue weighted by Crippen LogP contribution is -2.43. The van der Waals surface area contributed by atoms with E-state index in [1.807, 2.05) is 55.5 Å². The molecular formula is C20H21Cl2N3O2. The van der Waals surface area contributed by atoms with Crippen molar-refractivity contribution in [1.82, 2.24) is 10.2 Å². The molecule has 0 saturated carbocycles. The summed E-state index contributed by atoms with van der Waals surface area (Å²) in [6.45, 7) is 3.33. The summed E-state index contributed by atoms with van der Waals surface area (Å²) in [5.74, 6) is 0. The van der Waals surface area contributed by atoms with E-state index in [9.17, 15) is 4.79 Å². The van der Waals surface area contributed by atoms with Crippen LogP contribution in [-0.4, -0.2) is 35.8 Å². The Morgan fingerprint density at radius 2 is 2.00 bits per heavy atom. The third kappa shape index (κ3) is 5.37. The maximum absolute atomic E-state index is 12.5. The Morgan fingerprint density at radius 1 is 1.22 bits per heavy atom. The van der Waals surface area contributed by atoms with Gasteiger partial charge in [-0.1, -0.05) is 52.6 Å². The SMILES string of the molecule is CCNC(=O)N(Cc1cccc(Cl)c1)CC1CC(c2ccc(Cl)cc2)=NO1. The van der Waals surface area contributed by atoms with E-state index in [0.29, 0.717) is 36.1 Å². The molecule has 2 amide bonds. The largest absolute Gasteiger partial charge is 0.390 e. The molecule has 0 radical (unpaired) electrons. The first-order chi connectivity index (χ1) is 13.0. The van der Waals surface area contributed by atoms with Crippen molar-refractivity contribution in [2.24, 2.45) is 5.16 Å². The van der Waals surface area contributed by atoms with Crippen LogP contribution < -0.4 is 5.32 Å². The van der Waals surface area contributed by atoms with Gasteiger partial charge in [0.15, 0.2) is 6.10 Å². The van der Waals surface area contributed by atoms with E-state index in [4.69, 9.17) is 28.0 Å². The van der Waals surface area contributed by atoms with E-state index in [0.717, 1.165) is 16.8 Å². The van der Waals surface area contributed by atoms with Gasteiger partial charge in [0.25, 0.3) is 0 Å². The Bertz CT molecular complexity index is 824. The van der Waals surface area contributed by atoms with Gasteiger partial charge in [-0.2, -0.15) is 0 Å². The standard InChI is InChI=1S/C20H21Cl2N3O2/c1-2-23-20(26)25(12-14-4-3-5-17(22)10-14)13-18-11-19(24-27-18)15-6-8-16(21)9-7-15/h3-10,18H,2,11-13H2,1H3,(H,23,26). The topological polar surface area (TPSA) is 53.9 Å². The summed E-state index contributed by atoms with van der Waals surface area (Å²) in [5.41, 5.74) is 2.79. The van der Waals surface area contributed by atoms with E-state index in [-0.39, 0.29) is 12.1 Å². The van der Waals surface area contributed by atoms with Crippen LogP contribution in [0.4, 0.5) is 4.79 Å². The molecule has 27 heavy (non-hydrogen) atoms. The molecule has 1 heterocycles. The second-order valence-corrected chi connectivity index (χ2v) is 7.20. The lowest BCUT2D eigenvalue weighted by molar-refractivity contribution is 0.0590. The molecule has 7 heteroatoms. The van der Waals surface area contributed by atoms with E-state index >= 15 is 0 Å². The second kappa shape index (κ2) is 9.11. The Kier molecular flexibility index (Phi) is 6.58. The molecule has 0 saturated heterocycles. The molecule has 0 fully saturated rings. The van der Waals surface area contributed by atoms with Gasteiger partial charge in [-0.15, -0.1) is 0 Å². The molecule has 2 aromatic rings. The maximum atomic E-state index is 12.5. The third-order valence-electron chi connectivity index (χ3n) is 4.21. The second-order valence-electron chi connectivity index (χ2n) is 6.32. The van der Waals surface area contributed by atoms with Gasteiger partial charge in [0.1, 0.15) is 0 Å². The maximum Gasteiger partial charge on any atom is 0.317 e. The van der Waals surface area contributed by atoms with Gasteiger partial charge < -0.3 is 15.1 Å². The van der Waals surface area contributed by atoms with Gasteiger partial charge in [-0.05, 0) is 42.3 Å². The van der Waals surface area contributed by atoms with Crippen molar-refractivity contribution < 1.29 is 9.63 Å². The lowest BCUT2D eigenvalue weighted by atomic mass is 10.0. The number of halogens is 2. The molecule has 1 aliphatic rings. The number of oxime groups is 1. The van der Waals surface area contributed by atoms with Crippen LogP contribution in [0.3, 0.4) is 0 Å². The molecule has 3 rings (SSSR count). The van der Waals surface area contributed by atoms with Crippen molar-refractivity contribution in [1.29, 1.82) is 0 Å². The third-order valence-corrected chi connectivity index (χ3v) is 4.70. The van der Waals surface area contributed by atoms with Gasteiger partial charge in [0.2, 0.25) is 0 Å². The predicted molar refractivity (Wildman–Crippen MR) is 108 cm³/mol. The minimum absolute atomic E-state index is 0.138. The number of benzene rings is 2. The van der Waals surface area contributed by atoms with Crippen molar-refractivity contribution in [3.8, 4) is 0 Å². The smallest absolute Gasteiger partial charge is 0.317 e. The van der Waals surface area contributed by atoms with Gasteiger partial charge in [0, 0.05) is 29.6 Å². The molecule has 5 nitrogen and oxygen atoms in total. The number of amides is 2. The van der Waals surface area contributed by atoms with Crippen LogP contribution in [0.2, 0.25) is 10.0 Å². The molecule has 0 aliphatic carbocycles. The number of hydrogen-bond donors (Lipinski definition) is 1. The number of carbonyl (C=O) groups excluding carboxylic acids is 1. The molecule has 0 aromatic heterocycles. The molecule has 2 aromatic carbocycles. The van der Waals surface area contributed by atoms with Crippen molar-refractivity contribution >= 4 is 34.9 Å². The monoisotopic (exact) mass is 405 g/mol. The minimum Gasteiger partial charge on any atom is -0.390 e. The number of carbonyl (C=O) groups is 1. The predicted octanol–water partition coefficient (Wildman–Crippen LogP) is 4.72. The van der Waals surface area contributed by atoms with Crippen LogP contribution in [-0.2, 0) is 11.4 Å². The van der Waals surface area contributed by atoms with Crippen molar-refractivity contribution in [2.75, 3.05) is 13.1 Å². The molecule has 1 unspecified atom stereocenters. The number of rotatable bonds is 6. The fraction of sp³-hybridized carbons (Fsp3) is 0.300. The summed E-state index contributed by atoms with van der Waals surface area (Å²) in [6, 6.07) is 14.8. The average molecular weight is 406 g/mol. The van der Waals surface area contributed by atoms with Crippen LogP contribution in [0, 0.1) is 0 Å². The quantitative estimate of drug-likeness (QED) is 0.755. The summed E-state index contributed by atoms with van der Waals surface area (Å²) >= 11 is 12.0. The van der Waals surface area contributed by atoms with Gasteiger partial charge in [0.05, 0.1) is 12.3 Å². The molecule has 1 aliphatic heterocycles. The average Bonchev–Trinajstić information content (AvgIpc) is 3.10. The van der Waals surface area contributed by atoms with Crippen molar-refractivity contribution in [3.63, 3.8) is 0 Å². The van der Waals surface area contributed by atoms with Crippen LogP contribution in [0.1, 0.15) is 24.5 Å². The number of nitrogens with one attached hydrogen (secondary N) is 1. The number of hydrogen-bond acceptors (Lipinski definition) is 3. The summed E-state index contributed by atoms with van der Waals surface area (Å²) in [4.78, 5) is 19.8. The molecule has 0 bridgehead atoms. The first kappa shape index (κ1) is 19.5. The Morgan fingerprint density at radius 3 is 2.70 bits per heavy atom. The van der Waals surface area contributed by atoms with E-state index in [1.165, 1.54) is 0 Å². The highest BCUT2D eigenvalue weighted by Crippen LogP contribution is 2.20. The van der Waals surface area contributed by atoms with Crippen LogP contribution >= 0.6 is 23.2 Å². The first-order valence-corrected chi connectivity index (χ1v) is 9.56.